The number of nitriles is 1. The van der Waals surface area contributed by atoms with Crippen molar-refractivity contribution in [3.63, 3.8) is 0 Å². The van der Waals surface area contributed by atoms with Crippen molar-refractivity contribution >= 4 is 11.6 Å². The lowest BCUT2D eigenvalue weighted by molar-refractivity contribution is -0.130. The second-order valence-corrected chi connectivity index (χ2v) is 4.42. The predicted molar refractivity (Wildman–Crippen MR) is 60.6 cm³/mol. The maximum Gasteiger partial charge on any atom is 0.270 e. The summed E-state index contributed by atoms with van der Waals surface area (Å²) in [6.07, 6.45) is 0.524. The lowest BCUT2D eigenvalue weighted by atomic mass is 9.98. The smallest absolute Gasteiger partial charge is 0.270 e. The van der Waals surface area contributed by atoms with Gasteiger partial charge in [0, 0.05) is 19.0 Å². The molecule has 1 atom stereocenters. The van der Waals surface area contributed by atoms with Gasteiger partial charge in [-0.15, -0.1) is 0 Å². The summed E-state index contributed by atoms with van der Waals surface area (Å²) in [5.74, 6) is -0.625. The van der Waals surface area contributed by atoms with E-state index in [-0.39, 0.29) is 22.9 Å². The normalized spacial score (nSPS) is 25.2. The van der Waals surface area contributed by atoms with Crippen molar-refractivity contribution < 1.29 is 13.9 Å². The lowest BCUT2D eigenvalue weighted by Gasteiger charge is -2.34. The maximum absolute atomic E-state index is 13.4. The highest BCUT2D eigenvalue weighted by atomic mass is 19.1. The van der Waals surface area contributed by atoms with Gasteiger partial charge in [0.2, 0.25) is 5.60 Å². The Bertz CT molecular complexity index is 573. The number of nitrogens with zero attached hydrogens (tertiary/aromatic N) is 1. The Morgan fingerprint density at radius 1 is 1.50 bits per heavy atom. The molecule has 0 radical (unpaired) electrons. The highest BCUT2D eigenvalue weighted by Gasteiger charge is 2.47. The minimum absolute atomic E-state index is 0.0687. The van der Waals surface area contributed by atoms with Crippen LogP contribution >= 0.6 is 0 Å². The first kappa shape index (κ1) is 11.0. The lowest BCUT2D eigenvalue weighted by Crippen LogP contribution is -2.52. The Morgan fingerprint density at radius 3 is 3.00 bits per heavy atom. The van der Waals surface area contributed by atoms with E-state index >= 15 is 0 Å². The first-order valence-corrected chi connectivity index (χ1v) is 5.59. The van der Waals surface area contributed by atoms with Crippen LogP contribution in [0.1, 0.15) is 12.0 Å². The van der Waals surface area contributed by atoms with Crippen molar-refractivity contribution in [1.82, 2.24) is 5.32 Å². The number of hydrogen-bond acceptors (Lipinski definition) is 4. The van der Waals surface area contributed by atoms with Gasteiger partial charge in [-0.05, 0) is 12.6 Å². The number of nitrogens with one attached hydrogen (secondary N) is 2. The van der Waals surface area contributed by atoms with Crippen LogP contribution in [0.2, 0.25) is 0 Å². The molecule has 0 bridgehead atoms. The van der Waals surface area contributed by atoms with Crippen LogP contribution < -0.4 is 15.4 Å². The Hall–Kier alpha value is -2.13. The minimum Gasteiger partial charge on any atom is -0.474 e. The number of anilines is 1. The van der Waals surface area contributed by atoms with Gasteiger partial charge in [0.1, 0.15) is 23.3 Å². The van der Waals surface area contributed by atoms with Crippen LogP contribution in [-0.4, -0.2) is 24.6 Å². The molecule has 0 aromatic heterocycles. The van der Waals surface area contributed by atoms with Gasteiger partial charge >= 0.3 is 0 Å². The van der Waals surface area contributed by atoms with E-state index in [1.165, 1.54) is 6.07 Å². The van der Waals surface area contributed by atoms with Crippen molar-refractivity contribution in [3.05, 3.63) is 23.5 Å². The summed E-state index contributed by atoms with van der Waals surface area (Å²) in [6, 6.07) is 4.11. The number of ether oxygens (including phenoxy) is 1. The van der Waals surface area contributed by atoms with E-state index in [1.54, 1.807) is 0 Å². The van der Waals surface area contributed by atoms with Gasteiger partial charge in [-0.2, -0.15) is 5.26 Å². The molecule has 0 aliphatic carbocycles. The van der Waals surface area contributed by atoms with Crippen molar-refractivity contribution in [2.45, 2.75) is 12.0 Å². The third kappa shape index (κ3) is 1.45. The molecule has 0 unspecified atom stereocenters. The molecule has 1 aromatic rings. The fourth-order valence-corrected chi connectivity index (χ4v) is 2.31. The standard InChI is InChI=1S/C12H10FN3O2/c13-8-3-7(5-14)10-9(4-8)18-12(11(17)16-10)1-2-15-6-12/h3-4,15H,1-2,6H2,(H,16,17)/t12-/m1/s1. The highest BCUT2D eigenvalue weighted by molar-refractivity contribution is 6.02. The van der Waals surface area contributed by atoms with Crippen LogP contribution in [0.5, 0.6) is 5.75 Å². The van der Waals surface area contributed by atoms with Gasteiger partial charge in [0.25, 0.3) is 5.91 Å². The highest BCUT2D eigenvalue weighted by Crippen LogP contribution is 2.38. The number of fused-ring (bicyclic) bond motifs is 1. The van der Waals surface area contributed by atoms with E-state index in [0.29, 0.717) is 19.5 Å². The van der Waals surface area contributed by atoms with Crippen molar-refractivity contribution in [3.8, 4) is 11.8 Å². The van der Waals surface area contributed by atoms with E-state index in [4.69, 9.17) is 10.00 Å². The van der Waals surface area contributed by atoms with Gasteiger partial charge in [0.05, 0.1) is 5.56 Å². The Kier molecular flexibility index (Phi) is 2.25. The van der Waals surface area contributed by atoms with E-state index in [9.17, 15) is 9.18 Å². The number of carbonyl (C=O) groups excluding carboxylic acids is 1. The Labute approximate surface area is 103 Å². The fourth-order valence-electron chi connectivity index (χ4n) is 2.31. The quantitative estimate of drug-likeness (QED) is 0.709. The largest absolute Gasteiger partial charge is 0.474 e. The summed E-state index contributed by atoms with van der Waals surface area (Å²) in [5.41, 5.74) is -0.659. The molecular formula is C12H10FN3O2. The molecule has 2 heterocycles. The van der Waals surface area contributed by atoms with E-state index in [2.05, 4.69) is 10.6 Å². The number of amides is 1. The summed E-state index contributed by atoms with van der Waals surface area (Å²) in [6.45, 7) is 1.06. The topological polar surface area (TPSA) is 74.2 Å². The molecule has 2 N–H and O–H groups in total. The van der Waals surface area contributed by atoms with Crippen LogP contribution in [0.15, 0.2) is 12.1 Å². The average molecular weight is 247 g/mol. The third-order valence-electron chi connectivity index (χ3n) is 3.26. The Balaban J connectivity index is 2.10. The molecule has 1 fully saturated rings. The summed E-state index contributed by atoms with van der Waals surface area (Å²) < 4.78 is 19.0. The monoisotopic (exact) mass is 247 g/mol. The molecule has 1 saturated heterocycles. The van der Waals surface area contributed by atoms with Crippen molar-refractivity contribution in [2.75, 3.05) is 18.4 Å². The van der Waals surface area contributed by atoms with Crippen LogP contribution in [-0.2, 0) is 4.79 Å². The molecule has 1 aromatic carbocycles. The van der Waals surface area contributed by atoms with E-state index in [0.717, 1.165) is 6.07 Å². The van der Waals surface area contributed by atoms with E-state index < -0.39 is 11.4 Å². The van der Waals surface area contributed by atoms with Gasteiger partial charge in [-0.1, -0.05) is 0 Å². The van der Waals surface area contributed by atoms with Crippen LogP contribution in [0.3, 0.4) is 0 Å². The zero-order valence-electron chi connectivity index (χ0n) is 9.42. The maximum atomic E-state index is 13.4. The number of halogens is 1. The molecular weight excluding hydrogens is 237 g/mol. The first-order chi connectivity index (χ1) is 8.64. The molecule has 1 amide bonds. The van der Waals surface area contributed by atoms with Gasteiger partial charge < -0.3 is 15.4 Å². The molecule has 6 heteroatoms. The SMILES string of the molecule is N#Cc1cc(F)cc2c1NC(=O)[C@]1(CCNC1)O2. The van der Waals surface area contributed by atoms with Crippen molar-refractivity contribution in [1.29, 1.82) is 5.26 Å². The van der Waals surface area contributed by atoms with Crippen molar-refractivity contribution in [2.24, 2.45) is 0 Å². The number of carbonyl (C=O) groups is 1. The molecule has 2 aliphatic heterocycles. The molecule has 5 nitrogen and oxygen atoms in total. The second-order valence-electron chi connectivity index (χ2n) is 4.42. The summed E-state index contributed by atoms with van der Waals surface area (Å²) in [7, 11) is 0. The fraction of sp³-hybridized carbons (Fsp3) is 0.333. The minimum atomic E-state index is -0.979. The third-order valence-corrected chi connectivity index (χ3v) is 3.26. The Morgan fingerprint density at radius 2 is 2.33 bits per heavy atom. The molecule has 1 spiro atoms. The summed E-state index contributed by atoms with van der Waals surface area (Å²) in [4.78, 5) is 12.1. The zero-order valence-corrected chi connectivity index (χ0v) is 9.42. The number of benzene rings is 1. The van der Waals surface area contributed by atoms with Gasteiger partial charge in [-0.3, -0.25) is 4.79 Å². The predicted octanol–water partition coefficient (Wildman–Crippen LogP) is 0.760. The zero-order chi connectivity index (χ0) is 12.8. The first-order valence-electron chi connectivity index (χ1n) is 5.59. The summed E-state index contributed by atoms with van der Waals surface area (Å²) >= 11 is 0. The molecule has 18 heavy (non-hydrogen) atoms. The van der Waals surface area contributed by atoms with Crippen LogP contribution in [0.4, 0.5) is 10.1 Å². The van der Waals surface area contributed by atoms with Crippen LogP contribution in [0.25, 0.3) is 0 Å². The number of rotatable bonds is 0. The van der Waals surface area contributed by atoms with Gasteiger partial charge in [0.15, 0.2) is 0 Å². The van der Waals surface area contributed by atoms with Gasteiger partial charge in [-0.25, -0.2) is 4.39 Å². The van der Waals surface area contributed by atoms with Crippen LogP contribution in [0, 0.1) is 17.1 Å². The van der Waals surface area contributed by atoms with E-state index in [1.807, 2.05) is 6.07 Å². The second kappa shape index (κ2) is 3.68. The summed E-state index contributed by atoms with van der Waals surface area (Å²) in [5, 5.41) is 14.6. The molecule has 3 rings (SSSR count). The molecule has 92 valence electrons. The molecule has 0 saturated carbocycles. The number of hydrogen-bond donors (Lipinski definition) is 2. The average Bonchev–Trinajstić information content (AvgIpc) is 2.80. The molecule has 2 aliphatic rings.